The van der Waals surface area contributed by atoms with Crippen molar-refractivity contribution >= 4 is 23.0 Å². The van der Waals surface area contributed by atoms with Crippen molar-refractivity contribution < 1.29 is 0 Å². The van der Waals surface area contributed by atoms with Crippen LogP contribution in [0.5, 0.6) is 0 Å². The van der Waals surface area contributed by atoms with E-state index in [-0.39, 0.29) is 0 Å². The Morgan fingerprint density at radius 3 is 2.76 bits per heavy atom. The third kappa shape index (κ3) is 1.67. The third-order valence-electron chi connectivity index (χ3n) is 2.49. The lowest BCUT2D eigenvalue weighted by Gasteiger charge is -2.06. The monoisotopic (exact) mass is 225 g/mol. The molecule has 17 heavy (non-hydrogen) atoms. The summed E-state index contributed by atoms with van der Waals surface area (Å²) in [7, 11) is 0. The van der Waals surface area contributed by atoms with E-state index in [2.05, 4.69) is 15.3 Å². The number of nitrogens with zero attached hydrogens (tertiary/aromatic N) is 3. The molecule has 3 aromatic rings. The minimum Gasteiger partial charge on any atom is -0.383 e. The van der Waals surface area contributed by atoms with Crippen molar-refractivity contribution in [2.75, 3.05) is 11.1 Å². The van der Waals surface area contributed by atoms with Gasteiger partial charge in [-0.3, -0.25) is 4.40 Å². The fourth-order valence-electron chi connectivity index (χ4n) is 1.68. The van der Waals surface area contributed by atoms with Crippen molar-refractivity contribution in [1.82, 2.24) is 14.4 Å². The topological polar surface area (TPSA) is 68.2 Å². The lowest BCUT2D eigenvalue weighted by molar-refractivity contribution is 1.13. The Hall–Kier alpha value is -2.56. The first-order chi connectivity index (χ1) is 8.34. The van der Waals surface area contributed by atoms with Crippen LogP contribution >= 0.6 is 0 Å². The number of nitrogens with one attached hydrogen (secondary N) is 1. The molecule has 0 spiro atoms. The van der Waals surface area contributed by atoms with Crippen LogP contribution < -0.4 is 11.1 Å². The summed E-state index contributed by atoms with van der Waals surface area (Å²) in [5, 5.41) is 3.21. The molecular formula is C12H11N5. The molecule has 5 heteroatoms. The number of benzene rings is 1. The standard InChI is InChI=1S/C12H11N5/c13-10-8-15-12-11(14-6-7-17(10)12)16-9-4-2-1-3-5-9/h1-8H,13H2,(H,14,16). The highest BCUT2D eigenvalue weighted by atomic mass is 15.1. The van der Waals surface area contributed by atoms with E-state index >= 15 is 0 Å². The second-order valence-corrected chi connectivity index (χ2v) is 3.64. The van der Waals surface area contributed by atoms with Gasteiger partial charge in [0.1, 0.15) is 5.82 Å². The number of fused-ring (bicyclic) bond motifs is 1. The van der Waals surface area contributed by atoms with Crippen LogP contribution in [0.1, 0.15) is 0 Å². The first kappa shape index (κ1) is 9.65. The predicted octanol–water partition coefficient (Wildman–Crippen LogP) is 2.06. The van der Waals surface area contributed by atoms with Crippen molar-refractivity contribution in [2.45, 2.75) is 0 Å². The molecule has 0 radical (unpaired) electrons. The van der Waals surface area contributed by atoms with Crippen LogP contribution in [0, 0.1) is 0 Å². The smallest absolute Gasteiger partial charge is 0.182 e. The molecule has 2 heterocycles. The van der Waals surface area contributed by atoms with E-state index in [0.717, 1.165) is 5.69 Å². The second-order valence-electron chi connectivity index (χ2n) is 3.64. The molecule has 84 valence electrons. The van der Waals surface area contributed by atoms with Gasteiger partial charge in [-0.05, 0) is 12.1 Å². The molecule has 1 aromatic carbocycles. The second kappa shape index (κ2) is 3.79. The summed E-state index contributed by atoms with van der Waals surface area (Å²) >= 11 is 0. The quantitative estimate of drug-likeness (QED) is 0.700. The van der Waals surface area contributed by atoms with Crippen molar-refractivity contribution in [3.63, 3.8) is 0 Å². The van der Waals surface area contributed by atoms with Crippen LogP contribution in [-0.2, 0) is 0 Å². The Kier molecular flexibility index (Phi) is 2.15. The molecule has 0 amide bonds. The number of hydrogen-bond acceptors (Lipinski definition) is 4. The van der Waals surface area contributed by atoms with Gasteiger partial charge in [-0.1, -0.05) is 18.2 Å². The largest absolute Gasteiger partial charge is 0.383 e. The minimum atomic E-state index is 0.596. The molecule has 3 N–H and O–H groups in total. The Morgan fingerprint density at radius 2 is 1.94 bits per heavy atom. The average molecular weight is 225 g/mol. The lowest BCUT2D eigenvalue weighted by atomic mass is 10.3. The summed E-state index contributed by atoms with van der Waals surface area (Å²) in [5.41, 5.74) is 7.47. The molecule has 3 rings (SSSR count). The number of rotatable bonds is 2. The highest BCUT2D eigenvalue weighted by Gasteiger charge is 2.06. The summed E-state index contributed by atoms with van der Waals surface area (Å²) in [4.78, 5) is 8.49. The normalized spacial score (nSPS) is 10.6. The number of anilines is 3. The molecule has 0 bridgehead atoms. The molecular weight excluding hydrogens is 214 g/mol. The van der Waals surface area contributed by atoms with Gasteiger partial charge in [0.2, 0.25) is 0 Å². The van der Waals surface area contributed by atoms with Gasteiger partial charge in [-0.2, -0.15) is 0 Å². The van der Waals surface area contributed by atoms with Gasteiger partial charge >= 0.3 is 0 Å². The van der Waals surface area contributed by atoms with Gasteiger partial charge in [0.25, 0.3) is 0 Å². The summed E-state index contributed by atoms with van der Waals surface area (Å²) in [6, 6.07) is 9.83. The van der Waals surface area contributed by atoms with Crippen LogP contribution in [0.2, 0.25) is 0 Å². The average Bonchev–Trinajstić information content (AvgIpc) is 2.74. The molecule has 0 unspecified atom stereocenters. The fourth-order valence-corrected chi connectivity index (χ4v) is 1.68. The highest BCUT2D eigenvalue weighted by molar-refractivity contribution is 5.71. The predicted molar refractivity (Wildman–Crippen MR) is 67.1 cm³/mol. The van der Waals surface area contributed by atoms with E-state index in [4.69, 9.17) is 5.73 Å². The molecule has 0 saturated carbocycles. The minimum absolute atomic E-state index is 0.596. The zero-order valence-corrected chi connectivity index (χ0v) is 9.04. The van der Waals surface area contributed by atoms with Crippen LogP contribution in [0.3, 0.4) is 0 Å². The maximum Gasteiger partial charge on any atom is 0.182 e. The zero-order valence-electron chi connectivity index (χ0n) is 9.04. The zero-order chi connectivity index (χ0) is 11.7. The van der Waals surface area contributed by atoms with Gasteiger partial charge in [-0.15, -0.1) is 0 Å². The Morgan fingerprint density at radius 1 is 1.12 bits per heavy atom. The number of aromatic nitrogens is 3. The van der Waals surface area contributed by atoms with E-state index in [1.165, 1.54) is 0 Å². The molecule has 0 saturated heterocycles. The SMILES string of the molecule is Nc1cnc2c(Nc3ccccc3)nccn12. The first-order valence-corrected chi connectivity index (χ1v) is 5.24. The van der Waals surface area contributed by atoms with E-state index in [1.807, 2.05) is 30.3 Å². The maximum absolute atomic E-state index is 5.78. The third-order valence-corrected chi connectivity index (χ3v) is 2.49. The molecule has 5 nitrogen and oxygen atoms in total. The van der Waals surface area contributed by atoms with Crippen molar-refractivity contribution in [2.24, 2.45) is 0 Å². The van der Waals surface area contributed by atoms with Gasteiger partial charge < -0.3 is 11.1 Å². The number of nitrogen functional groups attached to an aromatic ring is 1. The van der Waals surface area contributed by atoms with Crippen molar-refractivity contribution in [3.05, 3.63) is 48.9 Å². The molecule has 2 aromatic heterocycles. The summed E-state index contributed by atoms with van der Waals surface area (Å²) in [5.74, 6) is 1.29. The highest BCUT2D eigenvalue weighted by Crippen LogP contribution is 2.19. The Balaban J connectivity index is 2.06. The van der Waals surface area contributed by atoms with E-state index in [1.54, 1.807) is 23.0 Å². The van der Waals surface area contributed by atoms with Crippen LogP contribution in [0.15, 0.2) is 48.9 Å². The summed E-state index contributed by atoms with van der Waals surface area (Å²) in [6.07, 6.45) is 5.09. The summed E-state index contributed by atoms with van der Waals surface area (Å²) in [6.45, 7) is 0. The fraction of sp³-hybridized carbons (Fsp3) is 0. The van der Waals surface area contributed by atoms with Crippen LogP contribution in [0.4, 0.5) is 17.3 Å². The van der Waals surface area contributed by atoms with E-state index in [0.29, 0.717) is 17.3 Å². The molecule has 0 atom stereocenters. The molecule has 0 fully saturated rings. The molecule has 0 aliphatic carbocycles. The van der Waals surface area contributed by atoms with E-state index in [9.17, 15) is 0 Å². The number of imidazole rings is 1. The number of nitrogens with two attached hydrogens (primary N) is 1. The molecule has 0 aliphatic heterocycles. The number of para-hydroxylation sites is 1. The van der Waals surface area contributed by atoms with Gasteiger partial charge in [0.05, 0.1) is 6.20 Å². The Bertz CT molecular complexity index is 644. The van der Waals surface area contributed by atoms with Crippen molar-refractivity contribution in [3.8, 4) is 0 Å². The summed E-state index contributed by atoms with van der Waals surface area (Å²) < 4.78 is 1.79. The van der Waals surface area contributed by atoms with Gasteiger partial charge in [-0.25, -0.2) is 9.97 Å². The number of hydrogen-bond donors (Lipinski definition) is 2. The lowest BCUT2D eigenvalue weighted by Crippen LogP contribution is -1.99. The first-order valence-electron chi connectivity index (χ1n) is 5.24. The molecule has 0 aliphatic rings. The van der Waals surface area contributed by atoms with Crippen LogP contribution in [-0.4, -0.2) is 14.4 Å². The van der Waals surface area contributed by atoms with Crippen molar-refractivity contribution in [1.29, 1.82) is 0 Å². The Labute approximate surface area is 97.9 Å². The maximum atomic E-state index is 5.78. The van der Waals surface area contributed by atoms with Gasteiger partial charge in [0.15, 0.2) is 11.5 Å². The van der Waals surface area contributed by atoms with Gasteiger partial charge in [0, 0.05) is 18.1 Å². The van der Waals surface area contributed by atoms with E-state index < -0.39 is 0 Å². The van der Waals surface area contributed by atoms with Crippen LogP contribution in [0.25, 0.3) is 5.65 Å².